The van der Waals surface area contributed by atoms with Gasteiger partial charge in [-0.15, -0.1) is 4.98 Å². The molecule has 1 atom stereocenters. The third-order valence-corrected chi connectivity index (χ3v) is 13.6. The summed E-state index contributed by atoms with van der Waals surface area (Å²) in [6.45, 7) is 17.9. The molecule has 58 heavy (non-hydrogen) atoms. The maximum Gasteiger partial charge on any atom is 0.272 e. The minimum Gasteiger partial charge on any atom is -0.371 e. The number of nitrogens with zero attached hydrogens (tertiary/aromatic N) is 8. The monoisotopic (exact) mass is 783 g/mol. The lowest BCUT2D eigenvalue weighted by atomic mass is 9.77. The van der Waals surface area contributed by atoms with Crippen molar-refractivity contribution in [3.05, 3.63) is 88.4 Å². The van der Waals surface area contributed by atoms with Gasteiger partial charge < -0.3 is 24.4 Å². The highest BCUT2D eigenvalue weighted by Gasteiger charge is 2.45. The second kappa shape index (κ2) is 15.2. The maximum absolute atomic E-state index is 13.6. The summed E-state index contributed by atoms with van der Waals surface area (Å²) in [5.41, 5.74) is 5.72. The van der Waals surface area contributed by atoms with Crippen LogP contribution in [0.15, 0.2) is 54.7 Å². The lowest BCUT2D eigenvalue weighted by Gasteiger charge is -2.43. The van der Waals surface area contributed by atoms with Gasteiger partial charge in [0.25, 0.3) is 23.5 Å². The van der Waals surface area contributed by atoms with Gasteiger partial charge in [0.2, 0.25) is 11.8 Å². The highest BCUT2D eigenvalue weighted by atomic mass is 16.2. The van der Waals surface area contributed by atoms with E-state index < -0.39 is 29.7 Å². The first-order chi connectivity index (χ1) is 28.1. The number of aromatic nitrogens is 1. The molecule has 14 heteroatoms. The van der Waals surface area contributed by atoms with Crippen LogP contribution in [0, 0.1) is 18.9 Å². The van der Waals surface area contributed by atoms with Gasteiger partial charge in [-0.3, -0.25) is 39.1 Å². The number of nitrogens with one attached hydrogen (secondary N) is 1. The Balaban J connectivity index is 0.734. The summed E-state index contributed by atoms with van der Waals surface area (Å²) in [5.74, 6) is -1.42. The summed E-state index contributed by atoms with van der Waals surface area (Å²) in [5, 5.41) is 2.25. The molecule has 5 saturated heterocycles. The average molecular weight is 784 g/mol. The largest absolute Gasteiger partial charge is 0.371 e. The number of hydrogen-bond acceptors (Lipinski definition) is 10. The normalized spacial score (nSPS) is 22.8. The lowest BCUT2D eigenvalue weighted by Crippen LogP contribution is -2.54. The van der Waals surface area contributed by atoms with Crippen molar-refractivity contribution >= 4 is 52.4 Å². The number of piperazine rings is 1. The Hall–Kier alpha value is -5.81. The lowest BCUT2D eigenvalue weighted by molar-refractivity contribution is -0.136. The fourth-order valence-corrected chi connectivity index (χ4v) is 10.1. The van der Waals surface area contributed by atoms with Crippen LogP contribution >= 0.6 is 0 Å². The predicted octanol–water partition coefficient (Wildman–Crippen LogP) is 4.27. The van der Waals surface area contributed by atoms with Crippen molar-refractivity contribution in [1.82, 2.24) is 25.0 Å². The molecule has 1 spiro atoms. The average Bonchev–Trinajstić information content (AvgIpc) is 3.77. The van der Waals surface area contributed by atoms with Crippen molar-refractivity contribution in [3.8, 4) is 0 Å². The van der Waals surface area contributed by atoms with Crippen molar-refractivity contribution in [2.75, 3.05) is 80.1 Å². The smallest absolute Gasteiger partial charge is 0.272 e. The van der Waals surface area contributed by atoms with E-state index in [0.717, 1.165) is 105 Å². The topological polar surface area (TPSA) is 134 Å². The van der Waals surface area contributed by atoms with Crippen molar-refractivity contribution in [1.29, 1.82) is 0 Å². The molecule has 14 nitrogen and oxygen atoms in total. The number of aryl methyl sites for hydroxylation is 1. The molecule has 2 aromatic carbocycles. The van der Waals surface area contributed by atoms with Gasteiger partial charge >= 0.3 is 0 Å². The second-order valence-corrected chi connectivity index (χ2v) is 16.9. The van der Waals surface area contributed by atoms with Gasteiger partial charge in [-0.1, -0.05) is 6.57 Å². The van der Waals surface area contributed by atoms with Crippen LogP contribution in [0.2, 0.25) is 0 Å². The van der Waals surface area contributed by atoms with Crippen LogP contribution in [0.4, 0.5) is 22.9 Å². The number of amides is 5. The van der Waals surface area contributed by atoms with Crippen LogP contribution in [0.1, 0.15) is 81.6 Å². The second-order valence-electron chi connectivity index (χ2n) is 16.9. The van der Waals surface area contributed by atoms with Crippen molar-refractivity contribution in [2.45, 2.75) is 64.0 Å². The molecule has 6 aliphatic rings. The summed E-state index contributed by atoms with van der Waals surface area (Å²) in [6, 6.07) is 15.0. The summed E-state index contributed by atoms with van der Waals surface area (Å²) >= 11 is 0. The summed E-state index contributed by atoms with van der Waals surface area (Å²) in [7, 11) is 0. The molecule has 5 fully saturated rings. The van der Waals surface area contributed by atoms with Crippen molar-refractivity contribution in [3.63, 3.8) is 0 Å². The van der Waals surface area contributed by atoms with E-state index in [9.17, 15) is 24.0 Å². The highest BCUT2D eigenvalue weighted by Crippen LogP contribution is 2.43. The summed E-state index contributed by atoms with van der Waals surface area (Å²) in [4.78, 5) is 84.7. The molecule has 1 N–H and O–H groups in total. The number of pyridine rings is 1. The molecule has 6 aliphatic heterocycles. The molecule has 0 bridgehead atoms. The Morgan fingerprint density at radius 2 is 1.41 bits per heavy atom. The van der Waals surface area contributed by atoms with E-state index >= 15 is 0 Å². The van der Waals surface area contributed by atoms with Crippen LogP contribution in [-0.4, -0.2) is 127 Å². The molecule has 5 amide bonds. The van der Waals surface area contributed by atoms with Gasteiger partial charge in [0, 0.05) is 94.8 Å². The van der Waals surface area contributed by atoms with E-state index in [1.54, 1.807) is 12.1 Å². The molecular weight excluding hydrogens is 735 g/mol. The zero-order valence-corrected chi connectivity index (χ0v) is 33.0. The number of hydrogen-bond donors (Lipinski definition) is 1. The van der Waals surface area contributed by atoms with Crippen molar-refractivity contribution in [2.24, 2.45) is 5.41 Å². The number of rotatable bonds is 6. The van der Waals surface area contributed by atoms with Gasteiger partial charge in [0.15, 0.2) is 0 Å². The van der Waals surface area contributed by atoms with Gasteiger partial charge in [-0.2, -0.15) is 0 Å². The number of piperidine rings is 3. The molecule has 1 unspecified atom stereocenters. The van der Waals surface area contributed by atoms with E-state index in [1.165, 1.54) is 12.1 Å². The van der Waals surface area contributed by atoms with Gasteiger partial charge in [-0.25, -0.2) is 0 Å². The zero-order valence-electron chi connectivity index (χ0n) is 33.0. The van der Waals surface area contributed by atoms with Crippen LogP contribution in [0.25, 0.3) is 4.85 Å². The van der Waals surface area contributed by atoms with Crippen LogP contribution in [0.5, 0.6) is 0 Å². The number of anilines is 3. The Morgan fingerprint density at radius 3 is 2.09 bits per heavy atom. The van der Waals surface area contributed by atoms with Crippen LogP contribution in [0.3, 0.4) is 0 Å². The zero-order chi connectivity index (χ0) is 40.1. The molecule has 0 aliphatic carbocycles. The van der Waals surface area contributed by atoms with Crippen LogP contribution in [-0.2, 0) is 9.59 Å². The molecule has 300 valence electrons. The minimum atomic E-state index is -0.976. The molecule has 0 radical (unpaired) electrons. The van der Waals surface area contributed by atoms with Gasteiger partial charge in [-0.05, 0) is 105 Å². The maximum atomic E-state index is 13.6. The quantitative estimate of drug-likeness (QED) is 0.286. The number of carbonyl (C=O) groups is 5. The van der Waals surface area contributed by atoms with E-state index in [4.69, 9.17) is 6.57 Å². The van der Waals surface area contributed by atoms with Gasteiger partial charge in [0.1, 0.15) is 12.2 Å². The first-order valence-electron chi connectivity index (χ1n) is 20.7. The number of imide groups is 2. The molecule has 0 saturated carbocycles. The van der Waals surface area contributed by atoms with E-state index in [0.29, 0.717) is 41.5 Å². The fraction of sp³-hybridized carbons (Fsp3) is 0.477. The van der Waals surface area contributed by atoms with E-state index in [1.807, 2.05) is 36.2 Å². The molecule has 7 heterocycles. The SMILES string of the molecule is [C-]#[N+]c1ncc(N2CCC3(CC2)CCN(c2ccc(C(=O)N4CCN(C5CCN(c6ccc7c(c6)C(=O)N(C6CCC(=O)NC6=O)C7=O)CC5)CC4)cc2)C3)cc1C. The molecule has 3 aromatic rings. The minimum absolute atomic E-state index is 0.0845. The molecule has 1 aromatic heterocycles. The first kappa shape index (κ1) is 37.7. The number of benzene rings is 2. The van der Waals surface area contributed by atoms with Crippen LogP contribution < -0.4 is 20.0 Å². The Morgan fingerprint density at radius 1 is 0.759 bits per heavy atom. The molecular formula is C44H49N9O5. The Bertz CT molecular complexity index is 2190. The standard InChI is InChI=1S/C44H49N9O5/c1-29-25-34(27-46-39(29)45-2)49-18-13-44(14-19-49)15-20-52(28-44)31-5-3-30(4-6-31)41(56)51-23-21-50(22-24-51)32-11-16-48(17-12-32)33-7-8-35-36(26-33)43(58)53(42(35)57)37-9-10-38(54)47-40(37)55/h3-8,25-27,32,37H,9-24,28H2,1H3,(H,47,54,55). The first-order valence-corrected chi connectivity index (χ1v) is 20.7. The predicted molar refractivity (Wildman–Crippen MR) is 218 cm³/mol. The fourth-order valence-electron chi connectivity index (χ4n) is 10.1. The molecule has 9 rings (SSSR count). The van der Waals surface area contributed by atoms with E-state index in [-0.39, 0.29) is 18.7 Å². The Labute approximate surface area is 338 Å². The van der Waals surface area contributed by atoms with Crippen molar-refractivity contribution < 1.29 is 24.0 Å². The number of fused-ring (bicyclic) bond motifs is 1. The Kier molecular flexibility index (Phi) is 9.87. The summed E-state index contributed by atoms with van der Waals surface area (Å²) in [6.07, 6.45) is 7.39. The third-order valence-electron chi connectivity index (χ3n) is 13.6. The van der Waals surface area contributed by atoms with Gasteiger partial charge in [0.05, 0.1) is 16.8 Å². The number of carbonyl (C=O) groups excluding carboxylic acids is 5. The summed E-state index contributed by atoms with van der Waals surface area (Å²) < 4.78 is 0. The third kappa shape index (κ3) is 6.95. The van der Waals surface area contributed by atoms with E-state index in [2.05, 4.69) is 52.9 Å². The highest BCUT2D eigenvalue weighted by molar-refractivity contribution is 6.23.